The molecule has 0 saturated carbocycles. The lowest BCUT2D eigenvalue weighted by Crippen LogP contribution is -2.34. The van der Waals surface area contributed by atoms with Crippen molar-refractivity contribution in [2.75, 3.05) is 12.4 Å². The van der Waals surface area contributed by atoms with Crippen molar-refractivity contribution in [2.45, 2.75) is 26.2 Å². The predicted octanol–water partition coefficient (Wildman–Crippen LogP) is 4.04. The number of phenols is 1. The van der Waals surface area contributed by atoms with Gasteiger partial charge in [0.05, 0.1) is 12.8 Å². The summed E-state index contributed by atoms with van der Waals surface area (Å²) in [6, 6.07) is 12.1. The summed E-state index contributed by atoms with van der Waals surface area (Å²) < 4.78 is 5.11. The van der Waals surface area contributed by atoms with E-state index in [4.69, 9.17) is 17.0 Å². The number of phenolic OH excluding ortho intramolecular Hbond substituents is 1. The van der Waals surface area contributed by atoms with Gasteiger partial charge in [0.25, 0.3) is 5.91 Å². The number of thiocarbonyl (C=S) groups is 1. The summed E-state index contributed by atoms with van der Waals surface area (Å²) in [5.41, 5.74) is 1.99. The number of hydrogen-bond donors (Lipinski definition) is 3. The number of benzene rings is 2. The molecule has 0 unspecified atom stereocenters. The lowest BCUT2D eigenvalue weighted by atomic mass is 9.98. The van der Waals surface area contributed by atoms with Crippen LogP contribution in [0, 0.1) is 0 Å². The summed E-state index contributed by atoms with van der Waals surface area (Å²) in [5.74, 6) is 0.672. The summed E-state index contributed by atoms with van der Waals surface area (Å²) in [7, 11) is 1.54. The first-order valence-electron chi connectivity index (χ1n) is 8.04. The van der Waals surface area contributed by atoms with Gasteiger partial charge < -0.3 is 15.2 Å². The number of carbonyl (C=O) groups excluding carboxylic acids is 1. The van der Waals surface area contributed by atoms with E-state index in [1.807, 2.05) is 12.1 Å². The van der Waals surface area contributed by atoms with Gasteiger partial charge in [0.2, 0.25) is 0 Å². The minimum absolute atomic E-state index is 0.0741. The highest BCUT2D eigenvalue weighted by Gasteiger charge is 2.12. The average molecular weight is 358 g/mol. The zero-order valence-corrected chi connectivity index (χ0v) is 15.3. The Balaban J connectivity index is 2.08. The van der Waals surface area contributed by atoms with Crippen LogP contribution in [0.3, 0.4) is 0 Å². The van der Waals surface area contributed by atoms with Crippen molar-refractivity contribution in [2.24, 2.45) is 0 Å². The SMILES string of the molecule is CC[C@@H](C)c1ccc(O)c(NC(=S)NC(=O)c2cccc(OC)c2)c1. The van der Waals surface area contributed by atoms with Crippen LogP contribution in [0.15, 0.2) is 42.5 Å². The lowest BCUT2D eigenvalue weighted by molar-refractivity contribution is 0.0977. The molecule has 0 aliphatic rings. The van der Waals surface area contributed by atoms with Gasteiger partial charge in [0.1, 0.15) is 11.5 Å². The highest BCUT2D eigenvalue weighted by atomic mass is 32.1. The summed E-state index contributed by atoms with van der Waals surface area (Å²) in [5, 5.41) is 15.6. The van der Waals surface area contributed by atoms with Crippen molar-refractivity contribution in [3.63, 3.8) is 0 Å². The van der Waals surface area contributed by atoms with Gasteiger partial charge in [-0.1, -0.05) is 26.0 Å². The molecule has 0 saturated heterocycles. The highest BCUT2D eigenvalue weighted by Crippen LogP contribution is 2.29. The van der Waals surface area contributed by atoms with Gasteiger partial charge in [-0.2, -0.15) is 0 Å². The molecular formula is C19H22N2O3S. The lowest BCUT2D eigenvalue weighted by Gasteiger charge is -2.15. The van der Waals surface area contributed by atoms with Crippen LogP contribution in [-0.2, 0) is 0 Å². The number of rotatable bonds is 5. The molecule has 2 aromatic carbocycles. The van der Waals surface area contributed by atoms with E-state index in [2.05, 4.69) is 24.5 Å². The fourth-order valence-electron chi connectivity index (χ4n) is 2.29. The number of methoxy groups -OCH3 is 1. The van der Waals surface area contributed by atoms with Crippen LogP contribution in [0.5, 0.6) is 11.5 Å². The van der Waals surface area contributed by atoms with Crippen LogP contribution in [0.2, 0.25) is 0 Å². The molecule has 132 valence electrons. The molecule has 0 aromatic heterocycles. The van der Waals surface area contributed by atoms with Gasteiger partial charge in [0.15, 0.2) is 5.11 Å². The van der Waals surface area contributed by atoms with Gasteiger partial charge in [0, 0.05) is 5.56 Å². The first kappa shape index (κ1) is 18.7. The van der Waals surface area contributed by atoms with Crippen molar-refractivity contribution in [3.8, 4) is 11.5 Å². The Hall–Kier alpha value is -2.60. The van der Waals surface area contributed by atoms with E-state index in [0.717, 1.165) is 12.0 Å². The van der Waals surface area contributed by atoms with Crippen LogP contribution in [0.25, 0.3) is 0 Å². The Morgan fingerprint density at radius 1 is 1.28 bits per heavy atom. The van der Waals surface area contributed by atoms with E-state index >= 15 is 0 Å². The Labute approximate surface area is 153 Å². The second kappa shape index (κ2) is 8.48. The van der Waals surface area contributed by atoms with Crippen molar-refractivity contribution < 1.29 is 14.6 Å². The molecule has 0 heterocycles. The largest absolute Gasteiger partial charge is 0.506 e. The molecule has 0 aliphatic heterocycles. The predicted molar refractivity (Wildman–Crippen MR) is 103 cm³/mol. The van der Waals surface area contributed by atoms with E-state index < -0.39 is 0 Å². The quantitative estimate of drug-likeness (QED) is 0.556. The number of aromatic hydroxyl groups is 1. The zero-order valence-electron chi connectivity index (χ0n) is 14.5. The smallest absolute Gasteiger partial charge is 0.257 e. The van der Waals surface area contributed by atoms with Crippen LogP contribution in [-0.4, -0.2) is 23.2 Å². The molecule has 6 heteroatoms. The zero-order chi connectivity index (χ0) is 18.4. The molecule has 0 aliphatic carbocycles. The standard InChI is InChI=1S/C19H22N2O3S/c1-4-12(2)13-8-9-17(22)16(11-13)20-19(25)21-18(23)14-6-5-7-15(10-14)24-3/h5-12,22H,4H2,1-3H3,(H2,20,21,23,25)/t12-/m1/s1. The van der Waals surface area contributed by atoms with E-state index in [0.29, 0.717) is 22.9 Å². The van der Waals surface area contributed by atoms with Gasteiger partial charge in [-0.05, 0) is 60.5 Å². The topological polar surface area (TPSA) is 70.6 Å². The Kier molecular flexibility index (Phi) is 6.36. The van der Waals surface area contributed by atoms with E-state index in [1.165, 1.54) is 7.11 Å². The Bertz CT molecular complexity index is 777. The molecular weight excluding hydrogens is 336 g/mol. The van der Waals surface area contributed by atoms with E-state index in [1.54, 1.807) is 30.3 Å². The van der Waals surface area contributed by atoms with Crippen molar-refractivity contribution in [3.05, 3.63) is 53.6 Å². The summed E-state index contributed by atoms with van der Waals surface area (Å²) >= 11 is 5.19. The molecule has 5 nitrogen and oxygen atoms in total. The summed E-state index contributed by atoms with van der Waals surface area (Å²) in [6.45, 7) is 4.21. The van der Waals surface area contributed by atoms with Gasteiger partial charge in [-0.25, -0.2) is 0 Å². The molecule has 3 N–H and O–H groups in total. The molecule has 2 aromatic rings. The first-order chi connectivity index (χ1) is 11.9. The molecule has 1 atom stereocenters. The van der Waals surface area contributed by atoms with Crippen LogP contribution >= 0.6 is 12.2 Å². The van der Waals surface area contributed by atoms with Crippen molar-refractivity contribution in [1.29, 1.82) is 0 Å². The Morgan fingerprint density at radius 2 is 2.04 bits per heavy atom. The number of amides is 1. The maximum absolute atomic E-state index is 12.3. The molecule has 0 spiro atoms. The third-order valence-electron chi connectivity index (χ3n) is 4.01. The average Bonchev–Trinajstić information content (AvgIpc) is 2.62. The minimum Gasteiger partial charge on any atom is -0.506 e. The summed E-state index contributed by atoms with van der Waals surface area (Å²) in [6.07, 6.45) is 0.987. The molecule has 1 amide bonds. The van der Waals surface area contributed by atoms with Crippen molar-refractivity contribution in [1.82, 2.24) is 5.32 Å². The third-order valence-corrected chi connectivity index (χ3v) is 4.21. The molecule has 25 heavy (non-hydrogen) atoms. The van der Waals surface area contributed by atoms with E-state index in [9.17, 15) is 9.90 Å². The van der Waals surface area contributed by atoms with Crippen LogP contribution < -0.4 is 15.4 Å². The monoisotopic (exact) mass is 358 g/mol. The number of nitrogens with one attached hydrogen (secondary N) is 2. The molecule has 0 radical (unpaired) electrons. The maximum atomic E-state index is 12.3. The fraction of sp³-hybridized carbons (Fsp3) is 0.263. The van der Waals surface area contributed by atoms with E-state index in [-0.39, 0.29) is 16.8 Å². The second-order valence-electron chi connectivity index (χ2n) is 5.73. The second-order valence-corrected chi connectivity index (χ2v) is 6.13. The fourth-order valence-corrected chi connectivity index (χ4v) is 2.49. The van der Waals surface area contributed by atoms with Gasteiger partial charge in [-0.15, -0.1) is 0 Å². The minimum atomic E-state index is -0.353. The molecule has 0 bridgehead atoms. The maximum Gasteiger partial charge on any atom is 0.257 e. The normalized spacial score (nSPS) is 11.5. The summed E-state index contributed by atoms with van der Waals surface area (Å²) in [4.78, 5) is 12.3. The van der Waals surface area contributed by atoms with Crippen LogP contribution in [0.4, 0.5) is 5.69 Å². The number of ether oxygens (including phenoxy) is 1. The van der Waals surface area contributed by atoms with Crippen LogP contribution in [0.1, 0.15) is 42.1 Å². The number of carbonyl (C=O) groups is 1. The third kappa shape index (κ3) is 4.93. The van der Waals surface area contributed by atoms with Crippen molar-refractivity contribution >= 4 is 28.9 Å². The Morgan fingerprint density at radius 3 is 2.72 bits per heavy atom. The van der Waals surface area contributed by atoms with Gasteiger partial charge >= 0.3 is 0 Å². The highest BCUT2D eigenvalue weighted by molar-refractivity contribution is 7.80. The molecule has 0 fully saturated rings. The van der Waals surface area contributed by atoms with Gasteiger partial charge in [-0.3, -0.25) is 10.1 Å². The molecule has 2 rings (SSSR count). The first-order valence-corrected chi connectivity index (χ1v) is 8.44. The number of anilines is 1. The number of hydrogen-bond acceptors (Lipinski definition) is 4.